The van der Waals surface area contributed by atoms with Crippen LogP contribution in [-0.4, -0.2) is 21.9 Å². The molecule has 1 heterocycles. The Morgan fingerprint density at radius 1 is 1.23 bits per heavy atom. The summed E-state index contributed by atoms with van der Waals surface area (Å²) in [6.07, 6.45) is 3.97. The van der Waals surface area contributed by atoms with Gasteiger partial charge in [0.1, 0.15) is 0 Å². The fourth-order valence-corrected chi connectivity index (χ4v) is 1.73. The molecule has 0 amide bonds. The summed E-state index contributed by atoms with van der Waals surface area (Å²) in [6, 6.07) is 1.04. The van der Waals surface area contributed by atoms with Gasteiger partial charge < -0.3 is 4.90 Å². The van der Waals surface area contributed by atoms with Gasteiger partial charge in [-0.15, -0.1) is 0 Å². The molecule has 3 heteroatoms. The Morgan fingerprint density at radius 2 is 1.77 bits per heavy atom. The first kappa shape index (κ1) is 10.1. The largest absolute Gasteiger partial charge is 0.364 e. The van der Waals surface area contributed by atoms with Crippen molar-refractivity contribution in [3.05, 3.63) is 12.4 Å². The fraction of sp³-hybridized carbons (Fsp3) is 0.700. The zero-order valence-corrected chi connectivity index (χ0v) is 9.15. The highest BCUT2D eigenvalue weighted by Crippen LogP contribution is 2.18. The maximum Gasteiger partial charge on any atom is 0.0756 e. The van der Waals surface area contributed by atoms with E-state index >= 15 is 0 Å². The Hall–Kier alpha value is -0.990. The van der Waals surface area contributed by atoms with E-state index in [4.69, 9.17) is 0 Å². The lowest BCUT2D eigenvalue weighted by atomic mass is 10.2. The Labute approximate surface area is 80.4 Å². The minimum Gasteiger partial charge on any atom is -0.364 e. The molecular formula is C10H19N3. The van der Waals surface area contributed by atoms with Gasteiger partial charge in [-0.05, 0) is 27.7 Å². The first-order valence-corrected chi connectivity index (χ1v) is 4.79. The van der Waals surface area contributed by atoms with E-state index in [-0.39, 0.29) is 0 Å². The third-order valence-corrected chi connectivity index (χ3v) is 2.10. The van der Waals surface area contributed by atoms with Crippen LogP contribution in [0.1, 0.15) is 27.7 Å². The van der Waals surface area contributed by atoms with Gasteiger partial charge in [0.2, 0.25) is 0 Å². The predicted molar refractivity (Wildman–Crippen MR) is 56.0 cm³/mol. The molecule has 1 aromatic heterocycles. The molecule has 1 aromatic rings. The molecule has 0 radical (unpaired) electrons. The second kappa shape index (κ2) is 3.81. The van der Waals surface area contributed by atoms with Gasteiger partial charge in [-0.1, -0.05) is 0 Å². The zero-order valence-electron chi connectivity index (χ0n) is 9.15. The molecule has 0 aliphatic heterocycles. The highest BCUT2D eigenvalue weighted by Gasteiger charge is 2.14. The Bertz CT molecular complexity index is 255. The Kier molecular flexibility index (Phi) is 2.96. The van der Waals surface area contributed by atoms with E-state index in [0.717, 1.165) is 0 Å². The molecular weight excluding hydrogens is 162 g/mol. The van der Waals surface area contributed by atoms with E-state index in [9.17, 15) is 0 Å². The van der Waals surface area contributed by atoms with Gasteiger partial charge in [-0.2, -0.15) is 5.10 Å². The van der Waals surface area contributed by atoms with Crippen LogP contribution in [0.25, 0.3) is 0 Å². The summed E-state index contributed by atoms with van der Waals surface area (Å²) in [6.45, 7) is 8.81. The molecule has 0 atom stereocenters. The number of anilines is 1. The van der Waals surface area contributed by atoms with Crippen LogP contribution in [0.3, 0.4) is 0 Å². The lowest BCUT2D eigenvalue weighted by Gasteiger charge is -2.31. The van der Waals surface area contributed by atoms with Gasteiger partial charge >= 0.3 is 0 Å². The first-order chi connectivity index (χ1) is 6.02. The lowest BCUT2D eigenvalue weighted by Crippen LogP contribution is -2.36. The fourth-order valence-electron chi connectivity index (χ4n) is 1.73. The number of nitrogens with zero attached hydrogens (tertiary/aromatic N) is 3. The molecule has 0 bridgehead atoms. The number of hydrogen-bond acceptors (Lipinski definition) is 2. The molecule has 74 valence electrons. The first-order valence-electron chi connectivity index (χ1n) is 4.79. The van der Waals surface area contributed by atoms with Crippen LogP contribution in [0, 0.1) is 0 Å². The monoisotopic (exact) mass is 181 g/mol. The molecule has 1 rings (SSSR count). The zero-order chi connectivity index (χ0) is 10.0. The molecule has 0 saturated heterocycles. The normalized spacial score (nSPS) is 11.3. The van der Waals surface area contributed by atoms with E-state index < -0.39 is 0 Å². The minimum atomic E-state index is 0.518. The maximum atomic E-state index is 4.18. The number of aryl methyl sites for hydroxylation is 1. The van der Waals surface area contributed by atoms with Crippen LogP contribution in [0.15, 0.2) is 12.4 Å². The number of hydrogen-bond donors (Lipinski definition) is 0. The van der Waals surface area contributed by atoms with Gasteiger partial charge in [-0.25, -0.2) is 0 Å². The van der Waals surface area contributed by atoms with Gasteiger partial charge in [0.05, 0.1) is 11.9 Å². The van der Waals surface area contributed by atoms with Gasteiger partial charge in [0, 0.05) is 25.3 Å². The van der Waals surface area contributed by atoms with Crippen molar-refractivity contribution in [1.29, 1.82) is 0 Å². The van der Waals surface area contributed by atoms with Gasteiger partial charge in [-0.3, -0.25) is 4.68 Å². The maximum absolute atomic E-state index is 4.18. The average Bonchev–Trinajstić information content (AvgIpc) is 2.34. The smallest absolute Gasteiger partial charge is 0.0756 e. The second-order valence-corrected chi connectivity index (χ2v) is 3.97. The van der Waals surface area contributed by atoms with Crippen LogP contribution in [0.2, 0.25) is 0 Å². The van der Waals surface area contributed by atoms with Crippen molar-refractivity contribution >= 4 is 5.69 Å². The summed E-state index contributed by atoms with van der Waals surface area (Å²) in [7, 11) is 1.95. The van der Waals surface area contributed by atoms with Crippen molar-refractivity contribution in [3.63, 3.8) is 0 Å². The van der Waals surface area contributed by atoms with E-state index in [1.54, 1.807) is 0 Å². The molecule has 0 aromatic carbocycles. The highest BCUT2D eigenvalue weighted by atomic mass is 15.3. The third-order valence-electron chi connectivity index (χ3n) is 2.10. The van der Waals surface area contributed by atoms with E-state index in [1.807, 2.05) is 17.9 Å². The molecule has 0 N–H and O–H groups in total. The highest BCUT2D eigenvalue weighted by molar-refractivity contribution is 5.44. The van der Waals surface area contributed by atoms with Crippen molar-refractivity contribution < 1.29 is 0 Å². The quantitative estimate of drug-likeness (QED) is 0.711. The van der Waals surface area contributed by atoms with Gasteiger partial charge in [0.15, 0.2) is 0 Å². The molecule has 0 fully saturated rings. The Morgan fingerprint density at radius 3 is 2.08 bits per heavy atom. The third kappa shape index (κ3) is 2.23. The van der Waals surface area contributed by atoms with Crippen LogP contribution in [0.4, 0.5) is 5.69 Å². The van der Waals surface area contributed by atoms with Crippen molar-refractivity contribution in [2.75, 3.05) is 4.90 Å². The standard InChI is InChI=1S/C10H19N3/c1-8(2)13(9(3)4)10-6-11-12(5)7-10/h6-9H,1-5H3. The second-order valence-electron chi connectivity index (χ2n) is 3.97. The van der Waals surface area contributed by atoms with Crippen molar-refractivity contribution in [3.8, 4) is 0 Å². The molecule has 0 aliphatic carbocycles. The average molecular weight is 181 g/mol. The van der Waals surface area contributed by atoms with E-state index in [0.29, 0.717) is 12.1 Å². The van der Waals surface area contributed by atoms with Crippen molar-refractivity contribution in [2.24, 2.45) is 7.05 Å². The van der Waals surface area contributed by atoms with Crippen molar-refractivity contribution in [2.45, 2.75) is 39.8 Å². The van der Waals surface area contributed by atoms with E-state index in [2.05, 4.69) is 43.9 Å². The van der Waals surface area contributed by atoms with Crippen LogP contribution in [0.5, 0.6) is 0 Å². The summed E-state index contributed by atoms with van der Waals surface area (Å²) < 4.78 is 1.84. The number of aromatic nitrogens is 2. The van der Waals surface area contributed by atoms with Gasteiger partial charge in [0.25, 0.3) is 0 Å². The van der Waals surface area contributed by atoms with E-state index in [1.165, 1.54) is 5.69 Å². The molecule has 0 saturated carbocycles. The summed E-state index contributed by atoms with van der Waals surface area (Å²) >= 11 is 0. The molecule has 13 heavy (non-hydrogen) atoms. The minimum absolute atomic E-state index is 0.518. The van der Waals surface area contributed by atoms with Crippen LogP contribution >= 0.6 is 0 Å². The molecule has 0 aliphatic rings. The van der Waals surface area contributed by atoms with Crippen LogP contribution in [-0.2, 0) is 7.05 Å². The predicted octanol–water partition coefficient (Wildman–Crippen LogP) is 2.04. The summed E-state index contributed by atoms with van der Waals surface area (Å²) in [5.74, 6) is 0. The molecule has 3 nitrogen and oxygen atoms in total. The summed E-state index contributed by atoms with van der Waals surface area (Å²) in [5.41, 5.74) is 1.20. The molecule has 0 spiro atoms. The SMILES string of the molecule is CC(C)N(c1cnn(C)c1)C(C)C. The van der Waals surface area contributed by atoms with Crippen molar-refractivity contribution in [1.82, 2.24) is 9.78 Å². The Balaban J connectivity index is 2.88. The summed E-state index contributed by atoms with van der Waals surface area (Å²) in [5, 5.41) is 4.18. The molecule has 0 unspecified atom stereocenters. The number of rotatable bonds is 3. The van der Waals surface area contributed by atoms with Crippen LogP contribution < -0.4 is 4.90 Å². The lowest BCUT2D eigenvalue weighted by molar-refractivity contribution is 0.607. The topological polar surface area (TPSA) is 21.1 Å². The summed E-state index contributed by atoms with van der Waals surface area (Å²) in [4.78, 5) is 2.35.